The molecule has 2 N–H and O–H groups in total. The summed E-state index contributed by atoms with van der Waals surface area (Å²) in [4.78, 5) is 13.4. The fraction of sp³-hybridized carbons (Fsp3) is 0.471. The number of morpholine rings is 1. The van der Waals surface area contributed by atoms with Gasteiger partial charge in [0.25, 0.3) is 0 Å². The summed E-state index contributed by atoms with van der Waals surface area (Å²) in [6.45, 7) is 5.87. The third-order valence-corrected chi connectivity index (χ3v) is 4.03. The zero-order valence-electron chi connectivity index (χ0n) is 13.2. The van der Waals surface area contributed by atoms with Gasteiger partial charge < -0.3 is 24.4 Å². The van der Waals surface area contributed by atoms with E-state index in [1.54, 1.807) is 17.1 Å². The van der Waals surface area contributed by atoms with E-state index in [0.717, 1.165) is 56.3 Å². The Bertz CT molecular complexity index is 568. The average Bonchev–Trinajstić information content (AvgIpc) is 3.05. The maximum Gasteiger partial charge on any atom is 0.244 e. The van der Waals surface area contributed by atoms with E-state index >= 15 is 0 Å². The molecule has 0 aliphatic carbocycles. The summed E-state index contributed by atoms with van der Waals surface area (Å²) >= 11 is 0. The summed E-state index contributed by atoms with van der Waals surface area (Å²) in [5.74, 6) is 1.40. The monoisotopic (exact) mass is 319 g/mol. The van der Waals surface area contributed by atoms with Gasteiger partial charge in [-0.05, 0) is 23.8 Å². The van der Waals surface area contributed by atoms with Crippen LogP contribution in [0.1, 0.15) is 12.0 Å². The second kappa shape index (κ2) is 7.99. The molecule has 1 saturated heterocycles. The molecule has 0 unspecified atom stereocenters. The maximum absolute atomic E-state index is 11.8. The molecule has 23 heavy (non-hydrogen) atoms. The molecule has 0 spiro atoms. The SMILES string of the molecule is O=C(/C=C/c1ccc2c(c1)OCO2)NCCC[NH+]1CCOCC1. The summed E-state index contributed by atoms with van der Waals surface area (Å²) in [6.07, 6.45) is 4.32. The lowest BCUT2D eigenvalue weighted by Crippen LogP contribution is -3.14. The van der Waals surface area contributed by atoms with Crippen molar-refractivity contribution >= 4 is 12.0 Å². The van der Waals surface area contributed by atoms with Crippen LogP contribution >= 0.6 is 0 Å². The van der Waals surface area contributed by atoms with Crippen molar-refractivity contribution in [2.45, 2.75) is 6.42 Å². The first-order valence-electron chi connectivity index (χ1n) is 8.08. The molecule has 2 heterocycles. The van der Waals surface area contributed by atoms with Gasteiger partial charge in [-0.2, -0.15) is 0 Å². The lowest BCUT2D eigenvalue weighted by Gasteiger charge is -2.23. The molecule has 6 nitrogen and oxygen atoms in total. The highest BCUT2D eigenvalue weighted by Gasteiger charge is 2.13. The van der Waals surface area contributed by atoms with Gasteiger partial charge in [-0.25, -0.2) is 0 Å². The van der Waals surface area contributed by atoms with Crippen molar-refractivity contribution < 1.29 is 23.9 Å². The molecule has 1 fully saturated rings. The largest absolute Gasteiger partial charge is 0.454 e. The molecule has 6 heteroatoms. The summed E-state index contributed by atoms with van der Waals surface area (Å²) in [5, 5.41) is 2.92. The molecule has 0 saturated carbocycles. The highest BCUT2D eigenvalue weighted by Crippen LogP contribution is 2.32. The lowest BCUT2D eigenvalue weighted by atomic mass is 10.2. The van der Waals surface area contributed by atoms with Crippen molar-refractivity contribution in [2.75, 3.05) is 46.2 Å². The number of hydrogen-bond acceptors (Lipinski definition) is 4. The minimum atomic E-state index is -0.0698. The van der Waals surface area contributed by atoms with Gasteiger partial charge in [0.05, 0.1) is 19.8 Å². The predicted molar refractivity (Wildman–Crippen MR) is 85.6 cm³/mol. The summed E-state index contributed by atoms with van der Waals surface area (Å²) < 4.78 is 15.9. The van der Waals surface area contributed by atoms with Crippen molar-refractivity contribution in [3.8, 4) is 11.5 Å². The molecule has 1 aromatic rings. The number of ether oxygens (including phenoxy) is 3. The number of benzene rings is 1. The summed E-state index contributed by atoms with van der Waals surface area (Å²) in [7, 11) is 0. The molecule has 2 aliphatic rings. The molecule has 3 rings (SSSR count). The highest BCUT2D eigenvalue weighted by molar-refractivity contribution is 5.91. The van der Waals surface area contributed by atoms with Gasteiger partial charge in [0, 0.05) is 19.0 Å². The minimum absolute atomic E-state index is 0.0698. The van der Waals surface area contributed by atoms with E-state index in [9.17, 15) is 4.79 Å². The van der Waals surface area contributed by atoms with Gasteiger partial charge >= 0.3 is 0 Å². The molecule has 1 amide bonds. The molecular weight excluding hydrogens is 296 g/mol. The molecule has 0 atom stereocenters. The Morgan fingerprint density at radius 1 is 1.22 bits per heavy atom. The number of carbonyl (C=O) groups excluding carboxylic acids is 1. The number of hydrogen-bond donors (Lipinski definition) is 2. The Balaban J connectivity index is 1.37. The average molecular weight is 319 g/mol. The summed E-state index contributed by atoms with van der Waals surface area (Å²) in [6, 6.07) is 5.62. The number of amides is 1. The normalized spacial score (nSPS) is 17.6. The van der Waals surface area contributed by atoms with E-state index in [-0.39, 0.29) is 12.7 Å². The van der Waals surface area contributed by atoms with E-state index in [1.165, 1.54) is 0 Å². The van der Waals surface area contributed by atoms with E-state index in [2.05, 4.69) is 5.32 Å². The number of carbonyl (C=O) groups is 1. The number of rotatable bonds is 6. The van der Waals surface area contributed by atoms with Crippen LogP contribution in [0.25, 0.3) is 6.08 Å². The third kappa shape index (κ3) is 4.71. The number of nitrogens with one attached hydrogen (secondary N) is 2. The Morgan fingerprint density at radius 2 is 2.04 bits per heavy atom. The topological polar surface area (TPSA) is 61.2 Å². The van der Waals surface area contributed by atoms with Crippen molar-refractivity contribution in [3.63, 3.8) is 0 Å². The number of fused-ring (bicyclic) bond motifs is 1. The van der Waals surface area contributed by atoms with E-state index in [1.807, 2.05) is 18.2 Å². The third-order valence-electron chi connectivity index (χ3n) is 4.03. The number of quaternary nitrogens is 1. The van der Waals surface area contributed by atoms with Crippen LogP contribution < -0.4 is 19.7 Å². The first kappa shape index (κ1) is 15.8. The Hall–Kier alpha value is -2.05. The first-order chi connectivity index (χ1) is 11.3. The summed E-state index contributed by atoms with van der Waals surface area (Å²) in [5.41, 5.74) is 0.919. The van der Waals surface area contributed by atoms with Crippen LogP contribution in [-0.2, 0) is 9.53 Å². The Morgan fingerprint density at radius 3 is 2.91 bits per heavy atom. The molecular formula is C17H23N2O4+. The highest BCUT2D eigenvalue weighted by atomic mass is 16.7. The standard InChI is InChI=1S/C17H22N2O4/c20-17(18-6-1-7-19-8-10-21-11-9-19)5-3-14-2-4-15-16(12-14)23-13-22-15/h2-5,12H,1,6-11,13H2,(H,18,20)/p+1/b5-3+. The minimum Gasteiger partial charge on any atom is -0.454 e. The molecule has 0 bridgehead atoms. The van der Waals surface area contributed by atoms with Crippen LogP contribution in [0.5, 0.6) is 11.5 Å². The van der Waals surface area contributed by atoms with Crippen LogP contribution in [-0.4, -0.2) is 52.1 Å². The fourth-order valence-electron chi connectivity index (χ4n) is 2.71. The van der Waals surface area contributed by atoms with Gasteiger partial charge in [-0.3, -0.25) is 4.79 Å². The quantitative estimate of drug-likeness (QED) is 0.565. The van der Waals surface area contributed by atoms with Crippen molar-refractivity contribution in [3.05, 3.63) is 29.8 Å². The van der Waals surface area contributed by atoms with E-state index < -0.39 is 0 Å². The van der Waals surface area contributed by atoms with Crippen LogP contribution in [0.4, 0.5) is 0 Å². The van der Waals surface area contributed by atoms with E-state index in [0.29, 0.717) is 6.54 Å². The molecule has 2 aliphatic heterocycles. The van der Waals surface area contributed by atoms with Gasteiger partial charge in [0.15, 0.2) is 11.5 Å². The second-order valence-electron chi connectivity index (χ2n) is 5.70. The van der Waals surface area contributed by atoms with E-state index in [4.69, 9.17) is 14.2 Å². The van der Waals surface area contributed by atoms with Crippen molar-refractivity contribution in [1.29, 1.82) is 0 Å². The van der Waals surface area contributed by atoms with Crippen LogP contribution in [0, 0.1) is 0 Å². The smallest absolute Gasteiger partial charge is 0.244 e. The maximum atomic E-state index is 11.8. The lowest BCUT2D eigenvalue weighted by molar-refractivity contribution is -0.908. The van der Waals surface area contributed by atoms with Gasteiger partial charge in [0.1, 0.15) is 13.1 Å². The molecule has 0 radical (unpaired) electrons. The van der Waals surface area contributed by atoms with Gasteiger partial charge in [-0.15, -0.1) is 0 Å². The molecule has 1 aromatic carbocycles. The predicted octanol–water partition coefficient (Wildman–Crippen LogP) is -0.150. The Labute approximate surface area is 136 Å². The Kier molecular flexibility index (Phi) is 5.50. The molecule has 0 aromatic heterocycles. The zero-order valence-corrected chi connectivity index (χ0v) is 13.2. The molecule has 124 valence electrons. The van der Waals surface area contributed by atoms with Gasteiger partial charge in [0.2, 0.25) is 12.7 Å². The van der Waals surface area contributed by atoms with Crippen molar-refractivity contribution in [1.82, 2.24) is 5.32 Å². The van der Waals surface area contributed by atoms with Crippen LogP contribution in [0.3, 0.4) is 0 Å². The van der Waals surface area contributed by atoms with Crippen molar-refractivity contribution in [2.24, 2.45) is 0 Å². The van der Waals surface area contributed by atoms with Crippen LogP contribution in [0.15, 0.2) is 24.3 Å². The fourth-order valence-corrected chi connectivity index (χ4v) is 2.71. The van der Waals surface area contributed by atoms with Crippen LogP contribution in [0.2, 0.25) is 0 Å². The second-order valence-corrected chi connectivity index (χ2v) is 5.70. The first-order valence-corrected chi connectivity index (χ1v) is 8.08. The zero-order chi connectivity index (χ0) is 15.9. The van der Waals surface area contributed by atoms with Gasteiger partial charge in [-0.1, -0.05) is 6.07 Å².